The van der Waals surface area contributed by atoms with Crippen LogP contribution in [-0.4, -0.2) is 25.8 Å². The highest BCUT2D eigenvalue weighted by Crippen LogP contribution is 2.37. The first-order valence-electron chi connectivity index (χ1n) is 11.7. The van der Waals surface area contributed by atoms with Gasteiger partial charge in [0.2, 0.25) is 5.91 Å². The quantitative estimate of drug-likeness (QED) is 0.176. The number of carbonyl (C=O) groups is 1. The van der Waals surface area contributed by atoms with E-state index in [2.05, 4.69) is 42.4 Å². The van der Waals surface area contributed by atoms with Crippen molar-refractivity contribution in [3.8, 4) is 17.2 Å². The van der Waals surface area contributed by atoms with Crippen molar-refractivity contribution in [3.05, 3.63) is 85.8 Å². The Morgan fingerprint density at radius 1 is 1.06 bits per heavy atom. The van der Waals surface area contributed by atoms with Crippen molar-refractivity contribution in [2.24, 2.45) is 5.10 Å². The largest absolute Gasteiger partial charge is 0.497 e. The molecule has 0 radical (unpaired) electrons. The Hall–Kier alpha value is -2.84. The molecule has 190 valence electrons. The van der Waals surface area contributed by atoms with Gasteiger partial charge in [0, 0.05) is 10.9 Å². The van der Waals surface area contributed by atoms with E-state index in [4.69, 9.17) is 14.2 Å². The van der Waals surface area contributed by atoms with Crippen molar-refractivity contribution in [2.45, 2.75) is 39.7 Å². The molecule has 6 nitrogen and oxygen atoms in total. The van der Waals surface area contributed by atoms with E-state index in [0.717, 1.165) is 44.2 Å². The number of carbonyl (C=O) groups excluding carboxylic acids is 1. The summed E-state index contributed by atoms with van der Waals surface area (Å²) in [7, 11) is 1.66. The molecule has 3 rings (SSSR count). The number of aryl methyl sites for hydroxylation is 2. The van der Waals surface area contributed by atoms with Crippen LogP contribution in [0.3, 0.4) is 0 Å². The van der Waals surface area contributed by atoms with Crippen molar-refractivity contribution in [3.63, 3.8) is 0 Å². The summed E-state index contributed by atoms with van der Waals surface area (Å²) in [6, 6.07) is 17.7. The first-order chi connectivity index (χ1) is 17.4. The fourth-order valence-electron chi connectivity index (χ4n) is 3.55. The lowest BCUT2D eigenvalue weighted by Crippen LogP contribution is -2.17. The molecule has 8 heteroatoms. The highest BCUT2D eigenvalue weighted by atomic mass is 79.9. The molecular formula is C28H30Br2N2O4. The maximum absolute atomic E-state index is 12.2. The predicted octanol–water partition coefficient (Wildman–Crippen LogP) is 6.98. The number of hydrazone groups is 1. The maximum atomic E-state index is 12.2. The Balaban J connectivity index is 1.54. The van der Waals surface area contributed by atoms with Crippen LogP contribution < -0.4 is 19.6 Å². The zero-order chi connectivity index (χ0) is 25.9. The van der Waals surface area contributed by atoms with Crippen LogP contribution in [0.5, 0.6) is 17.2 Å². The molecule has 0 saturated heterocycles. The fourth-order valence-corrected chi connectivity index (χ4v) is 4.39. The van der Waals surface area contributed by atoms with Gasteiger partial charge in [0.1, 0.15) is 12.4 Å². The molecule has 0 unspecified atom stereocenters. The normalized spacial score (nSPS) is 10.9. The molecule has 0 aromatic heterocycles. The Labute approximate surface area is 229 Å². The van der Waals surface area contributed by atoms with Gasteiger partial charge in [0.15, 0.2) is 11.5 Å². The number of rotatable bonds is 12. The third kappa shape index (κ3) is 8.38. The Bertz CT molecular complexity index is 1200. The number of hydrogen-bond donors (Lipinski definition) is 1. The van der Waals surface area contributed by atoms with Gasteiger partial charge in [-0.1, -0.05) is 34.1 Å². The number of nitrogens with zero attached hydrogens (tertiary/aromatic N) is 1. The lowest BCUT2D eigenvalue weighted by atomic mass is 10.0. The van der Waals surface area contributed by atoms with Crippen molar-refractivity contribution in [1.29, 1.82) is 0 Å². The van der Waals surface area contributed by atoms with Crippen LogP contribution in [0.4, 0.5) is 0 Å². The Kier molecular flexibility index (Phi) is 10.8. The van der Waals surface area contributed by atoms with Gasteiger partial charge >= 0.3 is 0 Å². The summed E-state index contributed by atoms with van der Waals surface area (Å²) in [6.07, 6.45) is 3.54. The SMILES string of the molecule is CCOc1cc(/C=N\NC(=O)CCCc2ccc(OC)cc2C)cc(Br)c1OCc1ccc(Br)cc1. The van der Waals surface area contributed by atoms with Crippen LogP contribution in [0.1, 0.15) is 42.0 Å². The van der Waals surface area contributed by atoms with Gasteiger partial charge in [-0.05, 0) is 101 Å². The summed E-state index contributed by atoms with van der Waals surface area (Å²) in [4.78, 5) is 12.2. The van der Waals surface area contributed by atoms with Crippen molar-refractivity contribution in [1.82, 2.24) is 5.43 Å². The molecule has 0 heterocycles. The molecule has 0 atom stereocenters. The third-order valence-electron chi connectivity index (χ3n) is 5.43. The molecule has 3 aromatic carbocycles. The van der Waals surface area contributed by atoms with Gasteiger partial charge < -0.3 is 14.2 Å². The minimum absolute atomic E-state index is 0.129. The number of benzene rings is 3. The number of halogens is 2. The minimum atomic E-state index is -0.129. The van der Waals surface area contributed by atoms with Crippen LogP contribution in [0, 0.1) is 6.92 Å². The lowest BCUT2D eigenvalue weighted by molar-refractivity contribution is -0.121. The monoisotopic (exact) mass is 616 g/mol. The second-order valence-electron chi connectivity index (χ2n) is 8.12. The van der Waals surface area contributed by atoms with Gasteiger partial charge in [-0.25, -0.2) is 5.43 Å². The molecule has 0 bridgehead atoms. The zero-order valence-electron chi connectivity index (χ0n) is 20.6. The highest BCUT2D eigenvalue weighted by molar-refractivity contribution is 9.10. The number of hydrogen-bond acceptors (Lipinski definition) is 5. The molecule has 0 fully saturated rings. The van der Waals surface area contributed by atoms with Crippen LogP contribution in [0.15, 0.2) is 68.6 Å². The number of ether oxygens (including phenoxy) is 3. The Morgan fingerprint density at radius 3 is 2.53 bits per heavy atom. The molecule has 0 aliphatic heterocycles. The van der Waals surface area contributed by atoms with Crippen LogP contribution in [0.25, 0.3) is 0 Å². The molecule has 0 spiro atoms. The molecule has 0 aliphatic rings. The van der Waals surface area contributed by atoms with Crippen LogP contribution in [0.2, 0.25) is 0 Å². The highest BCUT2D eigenvalue weighted by Gasteiger charge is 2.12. The Morgan fingerprint density at radius 2 is 1.83 bits per heavy atom. The van der Waals surface area contributed by atoms with Gasteiger partial charge in [0.05, 0.1) is 24.4 Å². The summed E-state index contributed by atoms with van der Waals surface area (Å²) >= 11 is 7.02. The van der Waals surface area contributed by atoms with E-state index in [1.165, 1.54) is 5.56 Å². The number of methoxy groups -OCH3 is 1. The molecule has 1 N–H and O–H groups in total. The van der Waals surface area contributed by atoms with Gasteiger partial charge in [0.25, 0.3) is 0 Å². The first kappa shape index (κ1) is 27.7. The topological polar surface area (TPSA) is 69.2 Å². The molecule has 3 aromatic rings. The fraction of sp³-hybridized carbons (Fsp3) is 0.286. The molecule has 0 saturated carbocycles. The minimum Gasteiger partial charge on any atom is -0.497 e. The standard InChI is InChI=1S/C28H30Br2N2O4/c1-4-35-26-16-21(15-25(30)28(26)36-18-20-8-11-23(29)12-9-20)17-31-32-27(33)7-5-6-22-10-13-24(34-3)14-19(22)2/h8-17H,4-7,18H2,1-3H3,(H,32,33)/b31-17-. The van der Waals surface area contributed by atoms with E-state index >= 15 is 0 Å². The first-order valence-corrected chi connectivity index (χ1v) is 13.3. The van der Waals surface area contributed by atoms with E-state index < -0.39 is 0 Å². The van der Waals surface area contributed by atoms with Crippen molar-refractivity contribution >= 4 is 44.0 Å². The van der Waals surface area contributed by atoms with Crippen LogP contribution in [-0.2, 0) is 17.8 Å². The van der Waals surface area contributed by atoms with E-state index in [1.54, 1.807) is 13.3 Å². The number of nitrogens with one attached hydrogen (secondary N) is 1. The van der Waals surface area contributed by atoms with Crippen molar-refractivity contribution < 1.29 is 19.0 Å². The molecular weight excluding hydrogens is 588 g/mol. The smallest absolute Gasteiger partial charge is 0.240 e. The number of amides is 1. The molecule has 1 amide bonds. The second-order valence-corrected chi connectivity index (χ2v) is 9.89. The van der Waals surface area contributed by atoms with Crippen LogP contribution >= 0.6 is 31.9 Å². The van der Waals surface area contributed by atoms with Gasteiger partial charge in [-0.2, -0.15) is 5.10 Å². The van der Waals surface area contributed by atoms with E-state index in [-0.39, 0.29) is 5.91 Å². The predicted molar refractivity (Wildman–Crippen MR) is 150 cm³/mol. The van der Waals surface area contributed by atoms with E-state index in [1.807, 2.05) is 68.4 Å². The summed E-state index contributed by atoms with van der Waals surface area (Å²) in [5, 5.41) is 4.12. The summed E-state index contributed by atoms with van der Waals surface area (Å²) < 4.78 is 18.8. The molecule has 0 aliphatic carbocycles. The maximum Gasteiger partial charge on any atom is 0.240 e. The summed E-state index contributed by atoms with van der Waals surface area (Å²) in [5.74, 6) is 1.93. The van der Waals surface area contributed by atoms with Gasteiger partial charge in [-0.3, -0.25) is 4.79 Å². The average molecular weight is 618 g/mol. The summed E-state index contributed by atoms with van der Waals surface area (Å²) in [6.45, 7) is 4.87. The lowest BCUT2D eigenvalue weighted by Gasteiger charge is -2.14. The zero-order valence-corrected chi connectivity index (χ0v) is 23.8. The second kappa shape index (κ2) is 14.0. The van der Waals surface area contributed by atoms with Gasteiger partial charge in [-0.15, -0.1) is 0 Å². The van der Waals surface area contributed by atoms with Crippen molar-refractivity contribution in [2.75, 3.05) is 13.7 Å². The van der Waals surface area contributed by atoms with E-state index in [9.17, 15) is 4.79 Å². The average Bonchev–Trinajstić information content (AvgIpc) is 2.85. The third-order valence-corrected chi connectivity index (χ3v) is 6.55. The summed E-state index contributed by atoms with van der Waals surface area (Å²) in [5.41, 5.74) is 6.80. The molecule has 36 heavy (non-hydrogen) atoms. The van der Waals surface area contributed by atoms with E-state index in [0.29, 0.717) is 31.1 Å².